The number of carbonyl (C=O) groups is 2. The van der Waals surface area contributed by atoms with Gasteiger partial charge in [-0.1, -0.05) is 104 Å². The van der Waals surface area contributed by atoms with E-state index in [1.165, 1.54) is 13.8 Å². The van der Waals surface area contributed by atoms with Crippen molar-refractivity contribution in [1.82, 2.24) is 24.8 Å². The molecule has 1 radical (unpaired) electrons. The third kappa shape index (κ3) is 10.8. The predicted octanol–water partition coefficient (Wildman–Crippen LogP) is 7.79. The molecule has 1 aliphatic rings. The summed E-state index contributed by atoms with van der Waals surface area (Å²) < 4.78 is 3.76. The Kier molecular flexibility index (Phi) is 14.7. The molecule has 2 unspecified atom stereocenters. The molecular weight excluding hydrogens is 737 g/mol. The van der Waals surface area contributed by atoms with E-state index in [4.69, 9.17) is 10.8 Å². The minimum absolute atomic E-state index is 0.135. The molecule has 2 heterocycles. The number of nitrogens with two attached hydrogens (primary N) is 1. The van der Waals surface area contributed by atoms with Crippen LogP contribution in [-0.2, 0) is 22.7 Å². The van der Waals surface area contributed by atoms with E-state index in [2.05, 4.69) is 27.8 Å². The van der Waals surface area contributed by atoms with E-state index >= 15 is 0 Å². The van der Waals surface area contributed by atoms with E-state index in [9.17, 15) is 19.8 Å². The number of rotatable bonds is 14. The Hall–Kier alpha value is -5.82. The van der Waals surface area contributed by atoms with Crippen LogP contribution >= 0.6 is 0 Å². The number of aromatic nitrogens is 4. The van der Waals surface area contributed by atoms with Crippen LogP contribution in [0.4, 0.5) is 11.4 Å². The second-order valence-corrected chi connectivity index (χ2v) is 15.4. The van der Waals surface area contributed by atoms with Gasteiger partial charge >= 0.3 is 0 Å². The van der Waals surface area contributed by atoms with Crippen molar-refractivity contribution in [2.75, 3.05) is 11.1 Å². The number of nitrogen functional groups attached to an aromatic ring is 1. The fourth-order valence-electron chi connectivity index (χ4n) is 8.14. The van der Waals surface area contributed by atoms with Crippen LogP contribution in [-0.4, -0.2) is 55.3 Å². The number of aliphatic hydroxyl groups is 2. The molecule has 1 aliphatic carbocycles. The zero-order valence-electron chi connectivity index (χ0n) is 34.4. The Morgan fingerprint density at radius 2 is 1.20 bits per heavy atom. The van der Waals surface area contributed by atoms with Crippen LogP contribution in [0.15, 0.2) is 109 Å². The van der Waals surface area contributed by atoms with Crippen LogP contribution in [0.2, 0.25) is 0 Å². The number of hydrogen-bond donors (Lipinski definition) is 5. The van der Waals surface area contributed by atoms with Gasteiger partial charge in [0.05, 0.1) is 60.3 Å². The quantitative estimate of drug-likeness (QED) is 0.0425. The van der Waals surface area contributed by atoms with Gasteiger partial charge in [0.25, 0.3) is 7.41 Å². The molecule has 2 aromatic heterocycles. The Balaban J connectivity index is 0.000000219. The summed E-state index contributed by atoms with van der Waals surface area (Å²) in [5.74, 6) is 0.0743. The number of anilines is 2. The molecule has 0 bridgehead atoms. The van der Waals surface area contributed by atoms with Gasteiger partial charge in [0.15, 0.2) is 0 Å². The van der Waals surface area contributed by atoms with Gasteiger partial charge in [0, 0.05) is 22.5 Å². The highest BCUT2D eigenvalue weighted by Crippen LogP contribution is 2.34. The van der Waals surface area contributed by atoms with E-state index in [1.54, 1.807) is 13.8 Å². The second kappa shape index (κ2) is 20.2. The Morgan fingerprint density at radius 1 is 0.746 bits per heavy atom. The molecule has 4 aromatic carbocycles. The molecule has 1 amide bonds. The normalized spacial score (nSPS) is 14.4. The summed E-state index contributed by atoms with van der Waals surface area (Å²) in [7, 11) is 1.31. The first kappa shape index (κ1) is 42.8. The molecular formula is C47H55BN7O4. The minimum Gasteiger partial charge on any atom is -0.399 e. The fraction of sp³-hybridized carbons (Fsp3) is 0.319. The van der Waals surface area contributed by atoms with Crippen molar-refractivity contribution in [2.45, 2.75) is 91.1 Å². The van der Waals surface area contributed by atoms with Crippen LogP contribution < -0.4 is 16.3 Å². The highest BCUT2D eigenvalue weighted by Gasteiger charge is 2.29. The van der Waals surface area contributed by atoms with E-state index in [1.807, 2.05) is 120 Å². The molecule has 6 N–H and O–H groups in total. The van der Waals surface area contributed by atoms with Crippen molar-refractivity contribution in [3.63, 3.8) is 0 Å². The van der Waals surface area contributed by atoms with E-state index in [-0.39, 0.29) is 11.8 Å². The summed E-state index contributed by atoms with van der Waals surface area (Å²) in [5.41, 5.74) is 16.6. The van der Waals surface area contributed by atoms with Crippen molar-refractivity contribution >= 4 is 30.9 Å². The number of hydrogen-bond acceptors (Lipinski definition) is 8. The first-order valence-electron chi connectivity index (χ1n) is 20.4. The Morgan fingerprint density at radius 3 is 1.64 bits per heavy atom. The average molecular weight is 793 g/mol. The third-order valence-corrected chi connectivity index (χ3v) is 10.9. The molecule has 59 heavy (non-hydrogen) atoms. The zero-order chi connectivity index (χ0) is 41.9. The summed E-state index contributed by atoms with van der Waals surface area (Å²) in [6, 6.07) is 35.1. The van der Waals surface area contributed by atoms with Crippen LogP contribution in [0, 0.1) is 19.8 Å². The van der Waals surface area contributed by atoms with Gasteiger partial charge in [-0.05, 0) is 93.0 Å². The zero-order valence-corrected chi connectivity index (χ0v) is 34.4. The van der Waals surface area contributed by atoms with Gasteiger partial charge < -0.3 is 31.3 Å². The number of nitrogens with zero attached hydrogens (tertiary/aromatic N) is 4. The highest BCUT2D eigenvalue weighted by atomic mass is 16.3. The van der Waals surface area contributed by atoms with Crippen molar-refractivity contribution in [1.29, 1.82) is 0 Å². The number of amides is 1. The summed E-state index contributed by atoms with van der Waals surface area (Å²) in [6.07, 6.45) is 4.74. The molecule has 0 saturated heterocycles. The maximum Gasteiger partial charge on any atom is 0.291 e. The van der Waals surface area contributed by atoms with Crippen molar-refractivity contribution in [2.24, 2.45) is 5.92 Å². The van der Waals surface area contributed by atoms with Gasteiger partial charge in [-0.3, -0.25) is 14.2 Å². The maximum atomic E-state index is 13.1. The van der Waals surface area contributed by atoms with Gasteiger partial charge in [-0.15, -0.1) is 0 Å². The van der Waals surface area contributed by atoms with E-state index in [0.29, 0.717) is 25.0 Å². The molecule has 12 heteroatoms. The topological polar surface area (TPSA) is 160 Å². The van der Waals surface area contributed by atoms with Gasteiger partial charge in [0.2, 0.25) is 5.91 Å². The maximum absolute atomic E-state index is 13.1. The largest absolute Gasteiger partial charge is 0.399 e. The summed E-state index contributed by atoms with van der Waals surface area (Å²) in [6.45, 7) is 8.66. The lowest BCUT2D eigenvalue weighted by atomic mass is 9.81. The third-order valence-electron chi connectivity index (χ3n) is 10.9. The molecule has 1 saturated carbocycles. The number of aryl methyl sites for hydroxylation is 2. The van der Waals surface area contributed by atoms with Gasteiger partial charge in [-0.2, -0.15) is 10.2 Å². The average Bonchev–Trinajstić information content (AvgIpc) is 3.74. The number of nitrogens with one attached hydrogen (secondary N) is 2. The predicted molar refractivity (Wildman–Crippen MR) is 236 cm³/mol. The first-order chi connectivity index (χ1) is 28.5. The van der Waals surface area contributed by atoms with Crippen LogP contribution in [0.5, 0.6) is 0 Å². The van der Waals surface area contributed by atoms with Crippen molar-refractivity contribution in [3.05, 3.63) is 143 Å². The fourth-order valence-corrected chi connectivity index (χ4v) is 8.14. The summed E-state index contributed by atoms with van der Waals surface area (Å²) in [5, 5.41) is 36.3. The monoisotopic (exact) mass is 792 g/mol. The summed E-state index contributed by atoms with van der Waals surface area (Å²) >= 11 is 0. The van der Waals surface area contributed by atoms with E-state index in [0.717, 1.165) is 87.5 Å². The highest BCUT2D eigenvalue weighted by molar-refractivity contribution is 6.64. The van der Waals surface area contributed by atoms with Crippen LogP contribution in [0.3, 0.4) is 0 Å². The molecule has 3 atom stereocenters. The minimum atomic E-state index is -0.694. The van der Waals surface area contributed by atoms with Crippen LogP contribution in [0.25, 0.3) is 22.3 Å². The van der Waals surface area contributed by atoms with Crippen LogP contribution in [0.1, 0.15) is 92.1 Å². The molecule has 305 valence electrons. The molecule has 1 fully saturated rings. The molecule has 11 nitrogen and oxygen atoms in total. The Labute approximate surface area is 347 Å². The molecule has 7 rings (SSSR count). The number of aliphatic hydroxyl groups excluding tert-OH is 2. The lowest BCUT2D eigenvalue weighted by Gasteiger charge is -2.29. The van der Waals surface area contributed by atoms with Gasteiger partial charge in [-0.25, -0.2) is 0 Å². The number of carbonyl (C=O) groups excluding carboxylic acids is 2. The van der Waals surface area contributed by atoms with Gasteiger partial charge in [0.1, 0.15) is 0 Å². The Bertz CT molecular complexity index is 2270. The van der Waals surface area contributed by atoms with Crippen molar-refractivity contribution in [3.8, 4) is 22.3 Å². The second-order valence-electron chi connectivity index (χ2n) is 15.4. The SMILES string of the molecule is Cc1nn(Cc2ccccc2)c(C(C)O)c1-c1ccc(N)cc1.Cc1nn(Cc2ccccc2)c(C(C)O)c1-c1ccc(NC(=O)[C@@H](N[B]C=O)C2CCCCC2)cc1. The van der Waals surface area contributed by atoms with E-state index < -0.39 is 18.2 Å². The summed E-state index contributed by atoms with van der Waals surface area (Å²) in [4.78, 5) is 24.0. The molecule has 0 aliphatic heterocycles. The molecule has 0 spiro atoms. The van der Waals surface area contributed by atoms with Crippen molar-refractivity contribution < 1.29 is 19.8 Å². The number of benzene rings is 4. The standard InChI is InChI=1S/C28H34BN4O3.C19H21N3O/c1-19-25(27(20(2)35)33(32-19)17-21-9-5-3-6-10-21)22-13-15-24(16-14-22)30-28(36)26(31-29-18-34)23-11-7-4-8-12-23;1-13-18(16-8-10-17(20)11-9-16)19(14(2)23)22(21-13)12-15-6-4-3-5-7-15/h3,5-6,9-10,13-16,18,20,23,26,31,35H,4,7-8,11-12,17H2,1-2H3,(H,30,36);3-11,14,23H,12,20H2,1-2H3/t20?,26-;/m0./s1. The smallest absolute Gasteiger partial charge is 0.291 e. The lowest BCUT2D eigenvalue weighted by Crippen LogP contribution is -2.48. The molecule has 6 aromatic rings. The lowest BCUT2D eigenvalue weighted by molar-refractivity contribution is -0.119. The first-order valence-corrected chi connectivity index (χ1v) is 20.4.